The first kappa shape index (κ1) is 11.9. The summed E-state index contributed by atoms with van der Waals surface area (Å²) in [5.41, 5.74) is 10.4. The Labute approximate surface area is 91.3 Å². The van der Waals surface area contributed by atoms with E-state index in [0.717, 1.165) is 30.6 Å². The summed E-state index contributed by atoms with van der Waals surface area (Å²) >= 11 is 0. The number of hydrogen-bond donors (Lipinski definition) is 3. The van der Waals surface area contributed by atoms with Gasteiger partial charge in [-0.3, -0.25) is 0 Å². The van der Waals surface area contributed by atoms with Gasteiger partial charge in [0.1, 0.15) is 0 Å². The smallest absolute Gasteiger partial charge is 0.0434 e. The van der Waals surface area contributed by atoms with Crippen LogP contribution in [0.2, 0.25) is 0 Å². The minimum atomic E-state index is 0.223. The lowest BCUT2D eigenvalue weighted by Crippen LogP contribution is -2.04. The van der Waals surface area contributed by atoms with E-state index in [1.54, 1.807) is 0 Å². The van der Waals surface area contributed by atoms with E-state index >= 15 is 0 Å². The molecule has 84 valence electrons. The Balaban J connectivity index is 3.09. The van der Waals surface area contributed by atoms with Crippen molar-refractivity contribution in [3.63, 3.8) is 0 Å². The van der Waals surface area contributed by atoms with E-state index in [9.17, 15) is 0 Å². The Morgan fingerprint density at radius 1 is 1.33 bits per heavy atom. The largest absolute Gasteiger partial charge is 0.398 e. The second-order valence-electron chi connectivity index (χ2n) is 3.59. The molecule has 0 bridgehead atoms. The molecule has 0 aliphatic carbocycles. The topological polar surface area (TPSA) is 58.3 Å². The molecule has 0 aliphatic rings. The van der Waals surface area contributed by atoms with Gasteiger partial charge in [-0.1, -0.05) is 6.92 Å². The molecule has 0 fully saturated rings. The minimum absolute atomic E-state index is 0.223. The maximum Gasteiger partial charge on any atom is 0.0434 e. The molecule has 0 saturated heterocycles. The molecule has 0 spiro atoms. The third-order valence-corrected chi connectivity index (χ3v) is 2.68. The number of nitrogen functional groups attached to an aromatic ring is 1. The van der Waals surface area contributed by atoms with Crippen LogP contribution in [0.15, 0.2) is 12.1 Å². The van der Waals surface area contributed by atoms with Crippen LogP contribution in [0.4, 0.5) is 11.4 Å². The van der Waals surface area contributed by atoms with E-state index in [0.29, 0.717) is 0 Å². The molecule has 0 aromatic heterocycles. The third kappa shape index (κ3) is 2.63. The van der Waals surface area contributed by atoms with Crippen molar-refractivity contribution in [2.75, 3.05) is 24.7 Å². The summed E-state index contributed by atoms with van der Waals surface area (Å²) in [6.45, 7) is 2.33. The molecule has 0 aliphatic heterocycles. The highest BCUT2D eigenvalue weighted by Crippen LogP contribution is 2.26. The number of hydrogen-bond acceptors (Lipinski definition) is 3. The van der Waals surface area contributed by atoms with Crippen LogP contribution in [-0.2, 0) is 12.8 Å². The van der Waals surface area contributed by atoms with E-state index in [-0.39, 0.29) is 6.61 Å². The van der Waals surface area contributed by atoms with Crippen LogP contribution in [0.25, 0.3) is 0 Å². The zero-order valence-corrected chi connectivity index (χ0v) is 9.51. The highest BCUT2D eigenvalue weighted by molar-refractivity contribution is 5.63. The Bertz CT molecular complexity index is 324. The number of aliphatic hydroxyl groups excluding tert-OH is 1. The van der Waals surface area contributed by atoms with Gasteiger partial charge in [0.2, 0.25) is 0 Å². The standard InChI is InChI=1S/C12H20N2O/c1-3-9-10(5-4-8-15)12(14-2)7-6-11(9)13/h6-7,14-15H,3-5,8,13H2,1-2H3. The fourth-order valence-corrected chi connectivity index (χ4v) is 1.90. The molecule has 1 rings (SSSR count). The molecule has 1 aromatic rings. The lowest BCUT2D eigenvalue weighted by Gasteiger charge is -2.15. The summed E-state index contributed by atoms with van der Waals surface area (Å²) in [5, 5.41) is 12.0. The van der Waals surface area contributed by atoms with Crippen molar-refractivity contribution in [2.24, 2.45) is 0 Å². The molecule has 0 saturated carbocycles. The Kier molecular flexibility index (Phi) is 4.43. The minimum Gasteiger partial charge on any atom is -0.398 e. The number of aliphatic hydroxyl groups is 1. The van der Waals surface area contributed by atoms with E-state index < -0.39 is 0 Å². The average molecular weight is 208 g/mol. The number of benzene rings is 1. The first-order valence-corrected chi connectivity index (χ1v) is 5.43. The number of nitrogens with two attached hydrogens (primary N) is 1. The zero-order chi connectivity index (χ0) is 11.3. The zero-order valence-electron chi connectivity index (χ0n) is 9.51. The second-order valence-corrected chi connectivity index (χ2v) is 3.59. The van der Waals surface area contributed by atoms with E-state index in [2.05, 4.69) is 12.2 Å². The van der Waals surface area contributed by atoms with Crippen molar-refractivity contribution in [2.45, 2.75) is 26.2 Å². The van der Waals surface area contributed by atoms with Crippen molar-refractivity contribution in [1.82, 2.24) is 0 Å². The SMILES string of the molecule is CCc1c(N)ccc(NC)c1CCCO. The van der Waals surface area contributed by atoms with Crippen LogP contribution in [0, 0.1) is 0 Å². The Morgan fingerprint density at radius 2 is 2.07 bits per heavy atom. The Morgan fingerprint density at radius 3 is 2.60 bits per heavy atom. The van der Waals surface area contributed by atoms with Gasteiger partial charge in [0.15, 0.2) is 0 Å². The summed E-state index contributed by atoms with van der Waals surface area (Å²) in [5.74, 6) is 0. The highest BCUT2D eigenvalue weighted by Gasteiger charge is 2.09. The van der Waals surface area contributed by atoms with Crippen LogP contribution in [0.3, 0.4) is 0 Å². The van der Waals surface area contributed by atoms with Crippen LogP contribution >= 0.6 is 0 Å². The van der Waals surface area contributed by atoms with Gasteiger partial charge in [0.25, 0.3) is 0 Å². The predicted octanol–water partition coefficient (Wildman–Crippen LogP) is 1.80. The van der Waals surface area contributed by atoms with Crippen LogP contribution < -0.4 is 11.1 Å². The predicted molar refractivity (Wildman–Crippen MR) is 65.2 cm³/mol. The van der Waals surface area contributed by atoms with Gasteiger partial charge in [-0.05, 0) is 42.5 Å². The molecule has 0 unspecified atom stereocenters. The van der Waals surface area contributed by atoms with Crippen molar-refractivity contribution in [1.29, 1.82) is 0 Å². The molecule has 3 nitrogen and oxygen atoms in total. The first-order chi connectivity index (χ1) is 7.24. The van der Waals surface area contributed by atoms with Crippen LogP contribution in [0.1, 0.15) is 24.5 Å². The van der Waals surface area contributed by atoms with Crippen molar-refractivity contribution < 1.29 is 5.11 Å². The number of nitrogens with one attached hydrogen (secondary N) is 1. The molecule has 0 atom stereocenters. The van der Waals surface area contributed by atoms with Crippen molar-refractivity contribution in [3.05, 3.63) is 23.3 Å². The summed E-state index contributed by atoms with van der Waals surface area (Å²) in [4.78, 5) is 0. The van der Waals surface area contributed by atoms with Crippen molar-refractivity contribution >= 4 is 11.4 Å². The molecule has 0 amide bonds. The van der Waals surface area contributed by atoms with Crippen molar-refractivity contribution in [3.8, 4) is 0 Å². The van der Waals surface area contributed by atoms with Gasteiger partial charge in [-0.2, -0.15) is 0 Å². The molecule has 1 aromatic carbocycles. The fourth-order valence-electron chi connectivity index (χ4n) is 1.90. The summed E-state index contributed by atoms with van der Waals surface area (Å²) in [6.07, 6.45) is 2.59. The summed E-state index contributed by atoms with van der Waals surface area (Å²) in [6, 6.07) is 3.94. The Hall–Kier alpha value is -1.22. The van der Waals surface area contributed by atoms with E-state index in [4.69, 9.17) is 10.8 Å². The third-order valence-electron chi connectivity index (χ3n) is 2.68. The van der Waals surface area contributed by atoms with Gasteiger partial charge in [0.05, 0.1) is 0 Å². The molecule has 4 N–H and O–H groups in total. The van der Waals surface area contributed by atoms with E-state index in [1.165, 1.54) is 11.1 Å². The highest BCUT2D eigenvalue weighted by atomic mass is 16.2. The molecular weight excluding hydrogens is 188 g/mol. The fraction of sp³-hybridized carbons (Fsp3) is 0.500. The number of rotatable bonds is 5. The average Bonchev–Trinajstić information content (AvgIpc) is 2.26. The van der Waals surface area contributed by atoms with Crippen LogP contribution in [-0.4, -0.2) is 18.8 Å². The number of anilines is 2. The van der Waals surface area contributed by atoms with Gasteiger partial charge in [-0.25, -0.2) is 0 Å². The molecule has 0 radical (unpaired) electrons. The van der Waals surface area contributed by atoms with E-state index in [1.807, 2.05) is 19.2 Å². The van der Waals surface area contributed by atoms with Gasteiger partial charge in [-0.15, -0.1) is 0 Å². The normalized spacial score (nSPS) is 10.3. The van der Waals surface area contributed by atoms with Crippen LogP contribution in [0.5, 0.6) is 0 Å². The summed E-state index contributed by atoms with van der Waals surface area (Å²) in [7, 11) is 1.91. The molecule has 15 heavy (non-hydrogen) atoms. The van der Waals surface area contributed by atoms with Gasteiger partial charge >= 0.3 is 0 Å². The second kappa shape index (κ2) is 5.61. The molecule has 0 heterocycles. The van der Waals surface area contributed by atoms with Gasteiger partial charge in [0, 0.05) is 25.0 Å². The molecular formula is C12H20N2O. The first-order valence-electron chi connectivity index (χ1n) is 5.43. The monoisotopic (exact) mass is 208 g/mol. The quantitative estimate of drug-likeness (QED) is 0.647. The van der Waals surface area contributed by atoms with Gasteiger partial charge < -0.3 is 16.2 Å². The lowest BCUT2D eigenvalue weighted by atomic mass is 9.97. The maximum absolute atomic E-state index is 8.87. The lowest BCUT2D eigenvalue weighted by molar-refractivity contribution is 0.288. The summed E-state index contributed by atoms with van der Waals surface area (Å²) < 4.78 is 0. The molecule has 3 heteroatoms. The maximum atomic E-state index is 8.87.